The van der Waals surface area contributed by atoms with E-state index in [-0.39, 0.29) is 11.5 Å². The molecule has 160 valence electrons. The van der Waals surface area contributed by atoms with E-state index in [1.54, 1.807) is 29.2 Å². The van der Waals surface area contributed by atoms with Gasteiger partial charge >= 0.3 is 0 Å². The van der Waals surface area contributed by atoms with Crippen molar-refractivity contribution in [2.45, 2.75) is 31.7 Å². The molecular formula is C22H24N6O2S. The van der Waals surface area contributed by atoms with Gasteiger partial charge in [-0.1, -0.05) is 6.07 Å². The van der Waals surface area contributed by atoms with Gasteiger partial charge in [0.05, 0.1) is 10.6 Å². The third-order valence-corrected chi connectivity index (χ3v) is 6.80. The summed E-state index contributed by atoms with van der Waals surface area (Å²) in [5, 5.41) is 15.2. The van der Waals surface area contributed by atoms with Crippen LogP contribution in [0.1, 0.15) is 37.4 Å². The van der Waals surface area contributed by atoms with E-state index in [1.807, 2.05) is 23.6 Å². The molecule has 1 aliphatic carbocycles. The Morgan fingerprint density at radius 2 is 1.87 bits per heavy atom. The normalized spacial score (nSPS) is 17.6. The number of hydrogen-bond acceptors (Lipinski definition) is 7. The van der Waals surface area contributed by atoms with Crippen molar-refractivity contribution in [2.75, 3.05) is 31.1 Å². The second-order valence-electron chi connectivity index (χ2n) is 8.06. The van der Waals surface area contributed by atoms with Crippen LogP contribution in [-0.2, 0) is 4.79 Å². The number of amides is 1. The van der Waals surface area contributed by atoms with E-state index >= 15 is 0 Å². The predicted molar refractivity (Wildman–Crippen MR) is 119 cm³/mol. The van der Waals surface area contributed by atoms with Crippen LogP contribution in [0.5, 0.6) is 0 Å². The van der Waals surface area contributed by atoms with E-state index in [9.17, 15) is 9.59 Å². The molecule has 1 saturated carbocycles. The second-order valence-corrected chi connectivity index (χ2v) is 9.01. The number of rotatable bonds is 5. The summed E-state index contributed by atoms with van der Waals surface area (Å²) in [6, 6.07) is 10.5. The number of anilines is 1. The lowest BCUT2D eigenvalue weighted by atomic mass is 10.2. The zero-order valence-electron chi connectivity index (χ0n) is 17.3. The van der Waals surface area contributed by atoms with Gasteiger partial charge in [0.1, 0.15) is 11.7 Å². The number of carbonyl (C=O) groups is 1. The molecule has 1 unspecified atom stereocenters. The molecule has 1 saturated heterocycles. The second kappa shape index (κ2) is 8.22. The van der Waals surface area contributed by atoms with Crippen molar-refractivity contribution >= 4 is 23.1 Å². The smallest absolute Gasteiger partial charge is 0.267 e. The number of thiophene rings is 1. The Morgan fingerprint density at radius 1 is 1.06 bits per heavy atom. The van der Waals surface area contributed by atoms with E-state index < -0.39 is 6.04 Å². The molecule has 0 spiro atoms. The minimum Gasteiger partial charge on any atom is -0.352 e. The van der Waals surface area contributed by atoms with Gasteiger partial charge in [-0.25, -0.2) is 4.68 Å². The Balaban J connectivity index is 1.25. The van der Waals surface area contributed by atoms with Gasteiger partial charge in [-0.2, -0.15) is 10.2 Å². The Hall–Kier alpha value is -3.07. The maximum absolute atomic E-state index is 13.1. The third-order valence-electron chi connectivity index (χ3n) is 5.90. The summed E-state index contributed by atoms with van der Waals surface area (Å²) in [4.78, 5) is 30.4. The van der Waals surface area contributed by atoms with Crippen LogP contribution in [0.4, 0.5) is 5.82 Å². The lowest BCUT2D eigenvalue weighted by molar-refractivity contribution is -0.135. The minimum absolute atomic E-state index is 0.0901. The summed E-state index contributed by atoms with van der Waals surface area (Å²) < 4.78 is 1.30. The fourth-order valence-electron chi connectivity index (χ4n) is 3.88. The van der Waals surface area contributed by atoms with Crippen molar-refractivity contribution in [3.05, 3.63) is 57.8 Å². The van der Waals surface area contributed by atoms with Gasteiger partial charge in [0.2, 0.25) is 5.91 Å². The average molecular weight is 437 g/mol. The lowest BCUT2D eigenvalue weighted by Crippen LogP contribution is -2.51. The maximum atomic E-state index is 13.1. The monoisotopic (exact) mass is 436 g/mol. The van der Waals surface area contributed by atoms with Crippen molar-refractivity contribution in [1.82, 2.24) is 24.9 Å². The van der Waals surface area contributed by atoms with Crippen LogP contribution in [0.3, 0.4) is 0 Å². The number of aromatic nitrogens is 4. The van der Waals surface area contributed by atoms with Crippen LogP contribution in [0.25, 0.3) is 10.6 Å². The fraction of sp³-hybridized carbons (Fsp3) is 0.409. The summed E-state index contributed by atoms with van der Waals surface area (Å²) in [6.45, 7) is 4.27. The predicted octanol–water partition coefficient (Wildman–Crippen LogP) is 2.55. The van der Waals surface area contributed by atoms with Crippen LogP contribution in [0.15, 0.2) is 46.6 Å². The molecule has 0 radical (unpaired) electrons. The number of carbonyl (C=O) groups excluding carboxylic acids is 1. The van der Waals surface area contributed by atoms with Crippen molar-refractivity contribution in [3.8, 4) is 10.6 Å². The van der Waals surface area contributed by atoms with Gasteiger partial charge in [0.25, 0.3) is 5.56 Å². The number of hydrogen-bond donors (Lipinski definition) is 0. The van der Waals surface area contributed by atoms with Crippen molar-refractivity contribution in [3.63, 3.8) is 0 Å². The van der Waals surface area contributed by atoms with Gasteiger partial charge in [-0.15, -0.1) is 16.4 Å². The fourth-order valence-corrected chi connectivity index (χ4v) is 4.57. The van der Waals surface area contributed by atoms with Gasteiger partial charge in [-0.05, 0) is 49.4 Å². The van der Waals surface area contributed by atoms with Crippen molar-refractivity contribution < 1.29 is 4.79 Å². The Labute approximate surface area is 184 Å². The first kappa shape index (κ1) is 19.9. The molecule has 1 aliphatic heterocycles. The number of nitrogens with zero attached hydrogens (tertiary/aromatic N) is 6. The van der Waals surface area contributed by atoms with Crippen molar-refractivity contribution in [1.29, 1.82) is 0 Å². The zero-order chi connectivity index (χ0) is 21.4. The van der Waals surface area contributed by atoms with Crippen LogP contribution in [0.2, 0.25) is 0 Å². The quantitative estimate of drug-likeness (QED) is 0.611. The van der Waals surface area contributed by atoms with Crippen LogP contribution >= 0.6 is 11.3 Å². The summed E-state index contributed by atoms with van der Waals surface area (Å²) in [5.41, 5.74) is 1.51. The summed E-state index contributed by atoms with van der Waals surface area (Å²) >= 11 is 1.55. The van der Waals surface area contributed by atoms with Gasteiger partial charge < -0.3 is 9.80 Å². The Morgan fingerprint density at radius 3 is 2.52 bits per heavy atom. The first-order valence-electron chi connectivity index (χ1n) is 10.6. The SMILES string of the molecule is CC(C(=O)N1CCN(c2ccc(C3CC3)nn2)CC1)n1nc(-c2cccs2)ccc1=O. The molecule has 5 rings (SSSR count). The highest BCUT2D eigenvalue weighted by atomic mass is 32.1. The number of piperazine rings is 1. The molecule has 3 aromatic rings. The van der Waals surface area contributed by atoms with Crippen molar-refractivity contribution in [2.24, 2.45) is 0 Å². The molecule has 1 atom stereocenters. The molecule has 4 heterocycles. The summed E-state index contributed by atoms with van der Waals surface area (Å²) in [5.74, 6) is 1.35. The van der Waals surface area contributed by atoms with Crippen LogP contribution < -0.4 is 10.5 Å². The molecule has 8 nitrogen and oxygen atoms in total. The molecule has 0 bridgehead atoms. The molecule has 9 heteroatoms. The highest BCUT2D eigenvalue weighted by Gasteiger charge is 2.29. The van der Waals surface area contributed by atoms with Crippen LogP contribution in [-0.4, -0.2) is 57.0 Å². The highest BCUT2D eigenvalue weighted by molar-refractivity contribution is 7.13. The first-order chi connectivity index (χ1) is 15.1. The molecule has 2 fully saturated rings. The van der Waals surface area contributed by atoms with E-state index in [0.717, 1.165) is 16.4 Å². The highest BCUT2D eigenvalue weighted by Crippen LogP contribution is 2.38. The third kappa shape index (κ3) is 4.10. The van der Waals surface area contributed by atoms with E-state index in [2.05, 4.69) is 26.3 Å². The molecule has 3 aromatic heterocycles. The van der Waals surface area contributed by atoms with Gasteiger partial charge in [-0.3, -0.25) is 9.59 Å². The molecule has 31 heavy (non-hydrogen) atoms. The lowest BCUT2D eigenvalue weighted by Gasteiger charge is -2.36. The Kier molecular flexibility index (Phi) is 5.27. The summed E-state index contributed by atoms with van der Waals surface area (Å²) in [7, 11) is 0. The first-order valence-corrected chi connectivity index (χ1v) is 11.5. The molecule has 2 aliphatic rings. The van der Waals surface area contributed by atoms with E-state index in [0.29, 0.717) is 37.8 Å². The van der Waals surface area contributed by atoms with Gasteiger partial charge in [0.15, 0.2) is 5.82 Å². The van der Waals surface area contributed by atoms with Gasteiger partial charge in [0, 0.05) is 38.2 Å². The molecular weight excluding hydrogens is 412 g/mol. The molecule has 0 aromatic carbocycles. The van der Waals surface area contributed by atoms with E-state index in [4.69, 9.17) is 0 Å². The van der Waals surface area contributed by atoms with E-state index in [1.165, 1.54) is 23.6 Å². The minimum atomic E-state index is -0.656. The summed E-state index contributed by atoms with van der Waals surface area (Å²) in [6.07, 6.45) is 2.42. The standard InChI is InChI=1S/C22H24N6O2S/c1-15(28-21(29)9-7-18(25-28)19-3-2-14-31-19)22(30)27-12-10-26(11-13-27)20-8-6-17(23-24-20)16-4-5-16/h2-3,6-9,14-16H,4-5,10-13H2,1H3. The Bertz CT molecular complexity index is 1120. The largest absolute Gasteiger partial charge is 0.352 e. The van der Waals surface area contributed by atoms with Crippen LogP contribution in [0, 0.1) is 0 Å². The topological polar surface area (TPSA) is 84.2 Å². The average Bonchev–Trinajstić information content (AvgIpc) is 3.52. The maximum Gasteiger partial charge on any atom is 0.267 e. The molecule has 0 N–H and O–H groups in total. The zero-order valence-corrected chi connectivity index (χ0v) is 18.2. The molecule has 1 amide bonds.